The van der Waals surface area contributed by atoms with Crippen molar-refractivity contribution >= 4 is 15.9 Å². The van der Waals surface area contributed by atoms with Gasteiger partial charge >= 0.3 is 0 Å². The molecule has 1 N–H and O–H groups in total. The van der Waals surface area contributed by atoms with E-state index in [1.807, 2.05) is 0 Å². The van der Waals surface area contributed by atoms with E-state index in [0.717, 1.165) is 5.92 Å². The second kappa shape index (κ2) is 6.33. The summed E-state index contributed by atoms with van der Waals surface area (Å²) in [5, 5.41) is 3.75. The van der Waals surface area contributed by atoms with Crippen LogP contribution in [-0.4, -0.2) is 6.04 Å². The highest BCUT2D eigenvalue weighted by molar-refractivity contribution is 9.10. The van der Waals surface area contributed by atoms with Gasteiger partial charge in [0.25, 0.3) is 0 Å². The maximum atomic E-state index is 3.75. The Morgan fingerprint density at radius 2 is 1.71 bits per heavy atom. The Labute approximate surface area is 135 Å². The largest absolute Gasteiger partial charge is 0.307 e. The molecule has 3 rings (SSSR count). The van der Waals surface area contributed by atoms with E-state index >= 15 is 0 Å². The lowest BCUT2D eigenvalue weighted by atomic mass is 9.75. The molecule has 0 unspecified atom stereocenters. The van der Waals surface area contributed by atoms with Crippen LogP contribution in [0.15, 0.2) is 53.0 Å². The highest BCUT2D eigenvalue weighted by Gasteiger charge is 2.31. The van der Waals surface area contributed by atoms with E-state index in [0.29, 0.717) is 12.1 Å². The van der Waals surface area contributed by atoms with Gasteiger partial charge in [0.2, 0.25) is 0 Å². The van der Waals surface area contributed by atoms with Gasteiger partial charge in [0.15, 0.2) is 0 Å². The first-order chi connectivity index (χ1) is 10.1. The maximum Gasteiger partial charge on any atom is 0.0305 e. The van der Waals surface area contributed by atoms with E-state index in [2.05, 4.69) is 83.6 Å². The minimum absolute atomic E-state index is 0.393. The minimum atomic E-state index is 0.393. The van der Waals surface area contributed by atoms with Crippen LogP contribution in [0.5, 0.6) is 0 Å². The van der Waals surface area contributed by atoms with Gasteiger partial charge in [-0.15, -0.1) is 0 Å². The lowest BCUT2D eigenvalue weighted by Crippen LogP contribution is -2.41. The first-order valence-electron chi connectivity index (χ1n) is 7.70. The fourth-order valence-electron chi connectivity index (χ4n) is 3.13. The van der Waals surface area contributed by atoms with E-state index in [4.69, 9.17) is 0 Å². The third-order valence-electron chi connectivity index (χ3n) is 4.54. The van der Waals surface area contributed by atoms with E-state index in [9.17, 15) is 0 Å². The molecule has 1 saturated carbocycles. The normalized spacial score (nSPS) is 22.6. The van der Waals surface area contributed by atoms with Crippen LogP contribution in [0.4, 0.5) is 0 Å². The number of aryl methyl sites for hydroxylation is 1. The van der Waals surface area contributed by atoms with Gasteiger partial charge in [-0.25, -0.2) is 0 Å². The van der Waals surface area contributed by atoms with E-state index in [1.54, 1.807) is 0 Å². The summed E-state index contributed by atoms with van der Waals surface area (Å²) in [6, 6.07) is 18.5. The summed E-state index contributed by atoms with van der Waals surface area (Å²) in [4.78, 5) is 0. The Morgan fingerprint density at radius 1 is 1.05 bits per heavy atom. The maximum absolute atomic E-state index is 3.75. The van der Waals surface area contributed by atoms with Crippen molar-refractivity contribution in [3.8, 4) is 0 Å². The zero-order valence-electron chi connectivity index (χ0n) is 12.6. The van der Waals surface area contributed by atoms with Crippen molar-refractivity contribution in [2.24, 2.45) is 0 Å². The summed E-state index contributed by atoms with van der Waals surface area (Å²) in [7, 11) is 0. The Morgan fingerprint density at radius 3 is 2.38 bits per heavy atom. The molecule has 1 fully saturated rings. The van der Waals surface area contributed by atoms with Crippen LogP contribution in [0, 0.1) is 6.92 Å². The van der Waals surface area contributed by atoms with E-state index in [-0.39, 0.29) is 0 Å². The van der Waals surface area contributed by atoms with E-state index < -0.39 is 0 Å². The minimum Gasteiger partial charge on any atom is -0.307 e. The van der Waals surface area contributed by atoms with Gasteiger partial charge in [0, 0.05) is 16.6 Å². The molecule has 0 bridgehead atoms. The van der Waals surface area contributed by atoms with Crippen LogP contribution in [0.1, 0.15) is 48.4 Å². The van der Waals surface area contributed by atoms with Crippen molar-refractivity contribution in [3.05, 3.63) is 69.7 Å². The molecule has 1 nitrogen and oxygen atoms in total. The van der Waals surface area contributed by atoms with Crippen LogP contribution >= 0.6 is 15.9 Å². The standard InChI is InChI=1S/C19H22BrN/c1-13-7-9-15(10-8-13)16-11-17(12-16)21-14(2)18-5-3-4-6-19(18)20/h3-10,14,16-17,21H,11-12H2,1-2H3/t14-,16?,17?/m0/s1. The predicted octanol–water partition coefficient (Wildman–Crippen LogP) is 5.35. The van der Waals surface area contributed by atoms with Gasteiger partial charge in [-0.3, -0.25) is 0 Å². The second-order valence-electron chi connectivity index (χ2n) is 6.19. The van der Waals surface area contributed by atoms with Crippen molar-refractivity contribution in [1.29, 1.82) is 0 Å². The lowest BCUT2D eigenvalue weighted by molar-refractivity contribution is 0.270. The number of hydrogen-bond donors (Lipinski definition) is 1. The summed E-state index contributed by atoms with van der Waals surface area (Å²) in [5.41, 5.74) is 4.18. The molecule has 0 aromatic heterocycles. The van der Waals surface area contributed by atoms with Crippen molar-refractivity contribution in [3.63, 3.8) is 0 Å². The van der Waals surface area contributed by atoms with Gasteiger partial charge in [0.05, 0.1) is 0 Å². The lowest BCUT2D eigenvalue weighted by Gasteiger charge is -2.38. The van der Waals surface area contributed by atoms with Gasteiger partial charge in [-0.05, 0) is 49.8 Å². The molecule has 2 aromatic carbocycles. The molecule has 110 valence electrons. The molecule has 2 aromatic rings. The molecule has 1 aliphatic carbocycles. The van der Waals surface area contributed by atoms with Crippen molar-refractivity contribution in [2.75, 3.05) is 0 Å². The van der Waals surface area contributed by atoms with Gasteiger partial charge in [-0.1, -0.05) is 64.0 Å². The van der Waals surface area contributed by atoms with Crippen LogP contribution in [0.3, 0.4) is 0 Å². The first kappa shape index (κ1) is 14.8. The summed E-state index contributed by atoms with van der Waals surface area (Å²) in [6.45, 7) is 4.40. The monoisotopic (exact) mass is 343 g/mol. The Balaban J connectivity index is 1.55. The summed E-state index contributed by atoms with van der Waals surface area (Å²) < 4.78 is 1.19. The molecule has 21 heavy (non-hydrogen) atoms. The van der Waals surface area contributed by atoms with Gasteiger partial charge < -0.3 is 5.32 Å². The fourth-order valence-corrected chi connectivity index (χ4v) is 3.76. The van der Waals surface area contributed by atoms with Gasteiger partial charge in [-0.2, -0.15) is 0 Å². The zero-order chi connectivity index (χ0) is 14.8. The number of hydrogen-bond acceptors (Lipinski definition) is 1. The van der Waals surface area contributed by atoms with Crippen LogP contribution in [0.2, 0.25) is 0 Å². The molecule has 1 atom stereocenters. The van der Waals surface area contributed by atoms with Crippen LogP contribution < -0.4 is 5.32 Å². The van der Waals surface area contributed by atoms with Crippen LogP contribution in [-0.2, 0) is 0 Å². The topological polar surface area (TPSA) is 12.0 Å². The fraction of sp³-hybridized carbons (Fsp3) is 0.368. The summed E-state index contributed by atoms with van der Waals surface area (Å²) in [5.74, 6) is 0.731. The van der Waals surface area contributed by atoms with Crippen LogP contribution in [0.25, 0.3) is 0 Å². The molecule has 0 aliphatic heterocycles. The number of halogens is 1. The van der Waals surface area contributed by atoms with Gasteiger partial charge in [0.1, 0.15) is 0 Å². The molecule has 0 amide bonds. The number of nitrogens with one attached hydrogen (secondary N) is 1. The quantitative estimate of drug-likeness (QED) is 0.788. The summed E-state index contributed by atoms with van der Waals surface area (Å²) >= 11 is 3.64. The SMILES string of the molecule is Cc1ccc(C2CC(N[C@@H](C)c3ccccc3Br)C2)cc1. The molecule has 2 heteroatoms. The first-order valence-corrected chi connectivity index (χ1v) is 8.50. The van der Waals surface area contributed by atoms with Crippen molar-refractivity contribution in [2.45, 2.75) is 44.7 Å². The third-order valence-corrected chi connectivity index (χ3v) is 5.27. The van der Waals surface area contributed by atoms with E-state index in [1.165, 1.54) is 34.0 Å². The second-order valence-corrected chi connectivity index (χ2v) is 7.04. The smallest absolute Gasteiger partial charge is 0.0305 e. The third kappa shape index (κ3) is 3.38. The molecule has 0 heterocycles. The molecule has 1 aliphatic rings. The average molecular weight is 344 g/mol. The molecular formula is C19H22BrN. The highest BCUT2D eigenvalue weighted by Crippen LogP contribution is 2.38. The number of rotatable bonds is 4. The summed E-state index contributed by atoms with van der Waals surface area (Å²) in [6.07, 6.45) is 2.50. The number of benzene rings is 2. The zero-order valence-corrected chi connectivity index (χ0v) is 14.2. The van der Waals surface area contributed by atoms with Crippen molar-refractivity contribution < 1.29 is 0 Å². The molecule has 0 spiro atoms. The Bertz CT molecular complexity index is 599. The Kier molecular flexibility index (Phi) is 4.46. The molecule has 0 radical (unpaired) electrons. The van der Waals surface area contributed by atoms with Crippen molar-refractivity contribution in [1.82, 2.24) is 5.32 Å². The molecule has 0 saturated heterocycles. The highest BCUT2D eigenvalue weighted by atomic mass is 79.9. The molecular weight excluding hydrogens is 322 g/mol. The predicted molar refractivity (Wildman–Crippen MR) is 92.6 cm³/mol. The average Bonchev–Trinajstić information content (AvgIpc) is 2.44. The Hall–Kier alpha value is -1.12.